The van der Waals surface area contributed by atoms with E-state index in [0.29, 0.717) is 31.3 Å². The van der Waals surface area contributed by atoms with Crippen LogP contribution in [0.5, 0.6) is 5.75 Å². The minimum Gasteiger partial charge on any atom is -0.491 e. The first-order valence-corrected chi connectivity index (χ1v) is 13.0. The fourth-order valence-corrected chi connectivity index (χ4v) is 8.84. The minimum atomic E-state index is -4.08. The van der Waals surface area contributed by atoms with Gasteiger partial charge in [0.2, 0.25) is 0 Å². The highest BCUT2D eigenvalue weighted by Gasteiger charge is 2.73. The summed E-state index contributed by atoms with van der Waals surface area (Å²) in [7, 11) is -2.85. The van der Waals surface area contributed by atoms with E-state index in [1.54, 1.807) is 0 Å². The summed E-state index contributed by atoms with van der Waals surface area (Å²) in [5, 5.41) is -0.935. The maximum absolute atomic E-state index is 15.0. The minimum absolute atomic E-state index is 0.0357. The predicted octanol–water partition coefficient (Wildman–Crippen LogP) is 4.80. The summed E-state index contributed by atoms with van der Waals surface area (Å²) in [4.78, 5) is 11.5. The molecule has 0 saturated heterocycles. The van der Waals surface area contributed by atoms with Crippen molar-refractivity contribution in [2.45, 2.75) is 62.0 Å². The average molecular weight is 471 g/mol. The number of carbonyl (C=O) groups excluding carboxylic acids is 1. The van der Waals surface area contributed by atoms with Crippen molar-refractivity contribution < 1.29 is 27.1 Å². The van der Waals surface area contributed by atoms with Gasteiger partial charge in [-0.2, -0.15) is 0 Å². The molecule has 4 fully saturated rings. The van der Waals surface area contributed by atoms with Gasteiger partial charge in [-0.1, -0.05) is 24.9 Å². The summed E-state index contributed by atoms with van der Waals surface area (Å²) in [5.41, 5.74) is 0.690. The predicted molar refractivity (Wildman–Crippen MR) is 113 cm³/mol. The van der Waals surface area contributed by atoms with Crippen molar-refractivity contribution in [1.29, 1.82) is 0 Å². The number of carbonyl (C=O) groups is 1. The summed E-state index contributed by atoms with van der Waals surface area (Å²) >= 11 is 6.33. The van der Waals surface area contributed by atoms with Gasteiger partial charge in [0.25, 0.3) is 0 Å². The molecular weight excluding hydrogens is 443 g/mol. The normalized spacial score (nSPS) is 38.2. The molecule has 0 bridgehead atoms. The Hall–Kier alpha value is -1.34. The van der Waals surface area contributed by atoms with E-state index < -0.39 is 37.7 Å². The summed E-state index contributed by atoms with van der Waals surface area (Å²) in [6.07, 6.45) is 6.18. The van der Waals surface area contributed by atoms with Crippen molar-refractivity contribution in [3.63, 3.8) is 0 Å². The fraction of sp³-hybridized carbons (Fsp3) is 0.696. The first-order valence-electron chi connectivity index (χ1n) is 11.0. The van der Waals surface area contributed by atoms with Gasteiger partial charge < -0.3 is 9.47 Å². The average Bonchev–Trinajstić information content (AvgIpc) is 3.51. The molecule has 4 aliphatic rings. The zero-order valence-electron chi connectivity index (χ0n) is 17.8. The lowest BCUT2D eigenvalue weighted by atomic mass is 9.76. The molecule has 0 aromatic heterocycles. The highest BCUT2D eigenvalue weighted by molar-refractivity contribution is 7.92. The maximum atomic E-state index is 15.0. The summed E-state index contributed by atoms with van der Waals surface area (Å²) in [6.45, 7) is 2.65. The Bertz CT molecular complexity index is 1020. The zero-order valence-corrected chi connectivity index (χ0v) is 19.4. The number of esters is 1. The molecule has 1 spiro atoms. The molecular formula is C23H28ClFO5S. The number of methoxy groups -OCH3 is 1. The second kappa shape index (κ2) is 7.08. The third-order valence-corrected chi connectivity index (χ3v) is 10.8. The van der Waals surface area contributed by atoms with Crippen molar-refractivity contribution in [3.05, 3.63) is 23.0 Å². The Morgan fingerprint density at radius 1 is 1.19 bits per heavy atom. The molecule has 5 rings (SSSR count). The fourth-order valence-electron chi connectivity index (χ4n) is 6.46. The van der Waals surface area contributed by atoms with E-state index in [2.05, 4.69) is 6.92 Å². The van der Waals surface area contributed by atoms with Gasteiger partial charge in [-0.15, -0.1) is 0 Å². The van der Waals surface area contributed by atoms with Crippen molar-refractivity contribution in [3.8, 4) is 5.75 Å². The first-order chi connectivity index (χ1) is 14.6. The van der Waals surface area contributed by atoms with Crippen LogP contribution in [0.25, 0.3) is 0 Å². The largest absolute Gasteiger partial charge is 0.491 e. The number of hydrogen-bond donors (Lipinski definition) is 0. The summed E-state index contributed by atoms with van der Waals surface area (Å²) in [6, 6.07) is 2.20. The van der Waals surface area contributed by atoms with Gasteiger partial charge >= 0.3 is 5.97 Å². The molecule has 4 saturated carbocycles. The van der Waals surface area contributed by atoms with Gasteiger partial charge in [0, 0.05) is 11.5 Å². The molecule has 0 aliphatic heterocycles. The monoisotopic (exact) mass is 470 g/mol. The second-order valence-corrected chi connectivity index (χ2v) is 12.9. The molecule has 0 N–H and O–H groups in total. The number of benzene rings is 1. The standard InChI is InChI=1S/C23H28ClFO5S/c1-22(8-13-10-23(13)11-14(23)9-22)12-30-18-7-17(25)20(6-16(18)24)31(27,28)19-5-3-4-15(19)21(26)29-2/h6-7,13-15,19H,3-5,8-12H2,1-2H3/t13-,14+,15?,19?,22?,23?. The molecule has 0 heterocycles. The Balaban J connectivity index is 1.33. The van der Waals surface area contributed by atoms with E-state index in [1.165, 1.54) is 20.0 Å². The Morgan fingerprint density at radius 2 is 1.87 bits per heavy atom. The first kappa shape index (κ1) is 21.5. The van der Waals surface area contributed by atoms with E-state index in [9.17, 15) is 17.6 Å². The van der Waals surface area contributed by atoms with Crippen molar-refractivity contribution >= 4 is 27.4 Å². The van der Waals surface area contributed by atoms with Gasteiger partial charge in [0.05, 0.1) is 29.9 Å². The highest BCUT2D eigenvalue weighted by atomic mass is 35.5. The Labute approximate surface area is 187 Å². The van der Waals surface area contributed by atoms with Crippen LogP contribution in [-0.2, 0) is 19.4 Å². The lowest BCUT2D eigenvalue weighted by Crippen LogP contribution is -2.32. The lowest BCUT2D eigenvalue weighted by molar-refractivity contribution is -0.145. The molecule has 31 heavy (non-hydrogen) atoms. The number of ether oxygens (including phenoxy) is 2. The van der Waals surface area contributed by atoms with E-state index >= 15 is 0 Å². The maximum Gasteiger partial charge on any atom is 0.309 e. The molecule has 170 valence electrons. The number of halogens is 2. The summed E-state index contributed by atoms with van der Waals surface area (Å²) in [5.74, 6) is -0.491. The van der Waals surface area contributed by atoms with Gasteiger partial charge in [0.15, 0.2) is 9.84 Å². The number of sulfone groups is 1. The van der Waals surface area contributed by atoms with Crippen LogP contribution in [0.4, 0.5) is 4.39 Å². The second-order valence-electron chi connectivity index (χ2n) is 10.4. The Morgan fingerprint density at radius 3 is 2.52 bits per heavy atom. The SMILES string of the molecule is COC(=O)C1CCCC1S(=O)(=O)c1cc(Cl)c(OCC2(C)C[C@@H]3CC34C[C@@H]4C2)cc1F. The molecule has 1 aromatic rings. The third kappa shape index (κ3) is 3.47. The molecule has 0 amide bonds. The van der Waals surface area contributed by atoms with Gasteiger partial charge in [-0.25, -0.2) is 12.8 Å². The van der Waals surface area contributed by atoms with Crippen LogP contribution >= 0.6 is 11.6 Å². The molecule has 4 unspecified atom stereocenters. The zero-order chi connectivity index (χ0) is 22.2. The van der Waals surface area contributed by atoms with Crippen LogP contribution in [-0.4, -0.2) is 33.4 Å². The molecule has 1 aromatic carbocycles. The summed E-state index contributed by atoms with van der Waals surface area (Å²) < 4.78 is 51.9. The molecule has 4 aliphatic carbocycles. The van der Waals surface area contributed by atoms with E-state index in [4.69, 9.17) is 21.1 Å². The Kier molecular flexibility index (Phi) is 4.91. The van der Waals surface area contributed by atoms with Gasteiger partial charge in [-0.3, -0.25) is 4.79 Å². The van der Waals surface area contributed by atoms with Gasteiger partial charge in [-0.05, 0) is 61.8 Å². The molecule has 6 atom stereocenters. The topological polar surface area (TPSA) is 69.7 Å². The highest BCUT2D eigenvalue weighted by Crippen LogP contribution is 2.81. The van der Waals surface area contributed by atoms with Crippen LogP contribution in [0.2, 0.25) is 5.02 Å². The van der Waals surface area contributed by atoms with Crippen LogP contribution < -0.4 is 4.74 Å². The van der Waals surface area contributed by atoms with E-state index in [-0.39, 0.29) is 16.2 Å². The van der Waals surface area contributed by atoms with E-state index in [0.717, 1.165) is 36.8 Å². The lowest BCUT2D eigenvalue weighted by Gasteiger charge is -2.33. The third-order valence-electron chi connectivity index (χ3n) is 8.26. The van der Waals surface area contributed by atoms with Gasteiger partial charge in [0.1, 0.15) is 16.5 Å². The number of hydrogen-bond acceptors (Lipinski definition) is 5. The van der Waals surface area contributed by atoms with E-state index in [1.807, 2.05) is 0 Å². The van der Waals surface area contributed by atoms with Crippen LogP contribution in [0, 0.1) is 34.4 Å². The quantitative estimate of drug-likeness (QED) is 0.558. The molecule has 8 heteroatoms. The number of rotatable bonds is 6. The van der Waals surface area contributed by atoms with Crippen LogP contribution in [0.15, 0.2) is 17.0 Å². The van der Waals surface area contributed by atoms with Crippen molar-refractivity contribution in [2.75, 3.05) is 13.7 Å². The smallest absolute Gasteiger partial charge is 0.309 e. The van der Waals surface area contributed by atoms with Crippen LogP contribution in [0.1, 0.15) is 51.9 Å². The van der Waals surface area contributed by atoms with Crippen molar-refractivity contribution in [2.24, 2.45) is 28.6 Å². The van der Waals surface area contributed by atoms with Crippen molar-refractivity contribution in [1.82, 2.24) is 0 Å². The molecule has 5 nitrogen and oxygen atoms in total. The molecule has 0 radical (unpaired) electrons. The van der Waals surface area contributed by atoms with Crippen LogP contribution in [0.3, 0.4) is 0 Å².